The van der Waals surface area contributed by atoms with Crippen molar-refractivity contribution in [2.75, 3.05) is 0 Å². The van der Waals surface area contributed by atoms with Crippen LogP contribution in [0.5, 0.6) is 0 Å². The third-order valence-electron chi connectivity index (χ3n) is 0.597. The number of rotatable bonds is 1. The molecule has 0 heterocycles. The van der Waals surface area contributed by atoms with E-state index >= 15 is 0 Å². The molecule has 0 spiro atoms. The highest BCUT2D eigenvalue weighted by Crippen LogP contribution is 2.21. The van der Waals surface area contributed by atoms with Crippen LogP contribution in [0.3, 0.4) is 0 Å². The molecule has 0 aliphatic rings. The maximum Gasteiger partial charge on any atom is 0.316 e. The molecule has 0 unspecified atom stereocenters. The molecule has 3 nitrogen and oxygen atoms in total. The number of aliphatic hydroxyl groups is 3. The lowest BCUT2D eigenvalue weighted by Gasteiger charge is -2.12. The quantitative estimate of drug-likeness (QED) is 0.500. The van der Waals surface area contributed by atoms with E-state index < -0.39 is 11.0 Å². The maximum absolute atomic E-state index is 8.29. The Kier molecular flexibility index (Phi) is 2.92. The molecule has 0 aliphatic heterocycles. The minimum absolute atomic E-state index is 0.0656. The van der Waals surface area contributed by atoms with Gasteiger partial charge in [0.15, 0.2) is 0 Å². The lowest BCUT2D eigenvalue weighted by Crippen LogP contribution is -2.27. The van der Waals surface area contributed by atoms with E-state index in [-0.39, 0.29) is 5.03 Å². The van der Waals surface area contributed by atoms with Gasteiger partial charge in [0.25, 0.3) is 0 Å². The van der Waals surface area contributed by atoms with Crippen molar-refractivity contribution in [3.8, 4) is 0 Å². The van der Waals surface area contributed by atoms with Gasteiger partial charge in [-0.2, -0.15) is 0 Å². The molecule has 0 bridgehead atoms. The fourth-order valence-electron chi connectivity index (χ4n) is 0.231. The number of allylic oxidation sites excluding steroid dienone is 1. The minimum atomic E-state index is -3.01. The van der Waals surface area contributed by atoms with Gasteiger partial charge in [-0.15, -0.1) is 0 Å². The fourth-order valence-corrected chi connectivity index (χ4v) is 0.358. The standard InChI is InChI=1S/C4H6Cl2O3/c1-2(5)3(6)4(7,8)9/h7-9H,1H3. The zero-order valence-corrected chi connectivity index (χ0v) is 6.11. The molecule has 0 aromatic rings. The highest BCUT2D eigenvalue weighted by molar-refractivity contribution is 6.39. The first-order chi connectivity index (χ1) is 3.85. The van der Waals surface area contributed by atoms with E-state index in [1.165, 1.54) is 6.92 Å². The highest BCUT2D eigenvalue weighted by atomic mass is 35.5. The summed E-state index contributed by atoms with van der Waals surface area (Å²) in [6.45, 7) is 1.32. The lowest BCUT2D eigenvalue weighted by molar-refractivity contribution is -0.277. The zero-order chi connectivity index (χ0) is 7.65. The van der Waals surface area contributed by atoms with Crippen molar-refractivity contribution < 1.29 is 15.3 Å². The first-order valence-electron chi connectivity index (χ1n) is 2.05. The second-order valence-corrected chi connectivity index (χ2v) is 2.43. The van der Waals surface area contributed by atoms with Gasteiger partial charge in [0.2, 0.25) is 0 Å². The Morgan fingerprint density at radius 3 is 1.56 bits per heavy atom. The van der Waals surface area contributed by atoms with Crippen LogP contribution in [0.15, 0.2) is 10.1 Å². The third-order valence-corrected chi connectivity index (χ3v) is 1.42. The van der Waals surface area contributed by atoms with Crippen molar-refractivity contribution in [2.24, 2.45) is 0 Å². The van der Waals surface area contributed by atoms with Gasteiger partial charge in [-0.05, 0) is 6.92 Å². The maximum atomic E-state index is 8.29. The Balaban J connectivity index is 4.40. The smallest absolute Gasteiger partial charge is 0.316 e. The van der Waals surface area contributed by atoms with Gasteiger partial charge < -0.3 is 15.3 Å². The number of hydrogen-bond donors (Lipinski definition) is 3. The van der Waals surface area contributed by atoms with E-state index in [1.54, 1.807) is 0 Å². The monoisotopic (exact) mass is 172 g/mol. The van der Waals surface area contributed by atoms with Crippen LogP contribution < -0.4 is 0 Å². The van der Waals surface area contributed by atoms with Crippen LogP contribution in [0.2, 0.25) is 0 Å². The molecule has 0 saturated heterocycles. The lowest BCUT2D eigenvalue weighted by atomic mass is 10.4. The summed E-state index contributed by atoms with van der Waals surface area (Å²) < 4.78 is 0. The zero-order valence-electron chi connectivity index (χ0n) is 4.60. The summed E-state index contributed by atoms with van der Waals surface area (Å²) in [6.07, 6.45) is 0. The average molecular weight is 173 g/mol. The molecule has 5 heteroatoms. The largest absolute Gasteiger partial charge is 0.339 e. The molecule has 0 aliphatic carbocycles. The Morgan fingerprint density at radius 1 is 1.22 bits per heavy atom. The van der Waals surface area contributed by atoms with E-state index in [9.17, 15) is 0 Å². The van der Waals surface area contributed by atoms with Crippen molar-refractivity contribution in [1.82, 2.24) is 0 Å². The predicted octanol–water partition coefficient (Wildman–Crippen LogP) is 0.326. The summed E-state index contributed by atoms with van der Waals surface area (Å²) in [4.78, 5) is 0. The molecule has 0 saturated carbocycles. The molecule has 0 fully saturated rings. The topological polar surface area (TPSA) is 60.7 Å². The van der Waals surface area contributed by atoms with Gasteiger partial charge in [0.05, 0.1) is 0 Å². The molecule has 0 aromatic heterocycles. The molecule has 0 rings (SSSR count). The van der Waals surface area contributed by atoms with Crippen molar-refractivity contribution in [3.05, 3.63) is 10.1 Å². The summed E-state index contributed by atoms with van der Waals surface area (Å²) in [5.74, 6) is -3.01. The molecular formula is C4H6Cl2O3. The van der Waals surface area contributed by atoms with Gasteiger partial charge in [0, 0.05) is 5.03 Å². The van der Waals surface area contributed by atoms with Gasteiger partial charge in [-0.25, -0.2) is 0 Å². The summed E-state index contributed by atoms with van der Waals surface area (Å²) in [5, 5.41) is 24.2. The van der Waals surface area contributed by atoms with E-state index in [0.29, 0.717) is 0 Å². The Labute approximate surface area is 62.1 Å². The first-order valence-corrected chi connectivity index (χ1v) is 2.80. The SMILES string of the molecule is CC(Cl)=C(Cl)C(O)(O)O. The third kappa shape index (κ3) is 3.03. The molecule has 0 atom stereocenters. The van der Waals surface area contributed by atoms with Crippen LogP contribution in [0.25, 0.3) is 0 Å². The van der Waals surface area contributed by atoms with Crippen LogP contribution in [0.1, 0.15) is 6.92 Å². The normalized spacial score (nSPS) is 15.3. The molecule has 0 radical (unpaired) electrons. The molecular weight excluding hydrogens is 167 g/mol. The van der Waals surface area contributed by atoms with Crippen LogP contribution >= 0.6 is 23.2 Å². The van der Waals surface area contributed by atoms with Crippen LogP contribution in [0.4, 0.5) is 0 Å². The summed E-state index contributed by atoms with van der Waals surface area (Å²) in [5.41, 5.74) is 0. The summed E-state index contributed by atoms with van der Waals surface area (Å²) >= 11 is 10.3. The Morgan fingerprint density at radius 2 is 1.56 bits per heavy atom. The fraction of sp³-hybridized carbons (Fsp3) is 0.500. The second-order valence-electron chi connectivity index (χ2n) is 1.48. The molecule has 9 heavy (non-hydrogen) atoms. The molecule has 54 valence electrons. The van der Waals surface area contributed by atoms with Crippen molar-refractivity contribution >= 4 is 23.2 Å². The van der Waals surface area contributed by atoms with Gasteiger partial charge in [-0.3, -0.25) is 0 Å². The predicted molar refractivity (Wildman–Crippen MR) is 33.8 cm³/mol. The number of halogens is 2. The van der Waals surface area contributed by atoms with Gasteiger partial charge in [0.1, 0.15) is 5.03 Å². The van der Waals surface area contributed by atoms with E-state index in [1.807, 2.05) is 0 Å². The van der Waals surface area contributed by atoms with Crippen LogP contribution in [-0.4, -0.2) is 21.3 Å². The van der Waals surface area contributed by atoms with Crippen LogP contribution in [0, 0.1) is 0 Å². The van der Waals surface area contributed by atoms with Gasteiger partial charge in [-0.1, -0.05) is 23.2 Å². The average Bonchev–Trinajstić information content (AvgIpc) is 1.62. The van der Waals surface area contributed by atoms with E-state index in [4.69, 9.17) is 38.5 Å². The van der Waals surface area contributed by atoms with Crippen LogP contribution in [-0.2, 0) is 0 Å². The Bertz CT molecular complexity index is 131. The highest BCUT2D eigenvalue weighted by Gasteiger charge is 2.24. The summed E-state index contributed by atoms with van der Waals surface area (Å²) in [6, 6.07) is 0. The van der Waals surface area contributed by atoms with Gasteiger partial charge >= 0.3 is 5.97 Å². The molecule has 0 amide bonds. The Hall–Kier alpha value is 0.200. The molecule has 3 N–H and O–H groups in total. The van der Waals surface area contributed by atoms with E-state index in [0.717, 1.165) is 0 Å². The first kappa shape index (κ1) is 9.20. The van der Waals surface area contributed by atoms with Crippen molar-refractivity contribution in [3.63, 3.8) is 0 Å². The van der Waals surface area contributed by atoms with E-state index in [2.05, 4.69) is 0 Å². The summed E-state index contributed by atoms with van der Waals surface area (Å²) in [7, 11) is 0. The number of hydrogen-bond acceptors (Lipinski definition) is 3. The second kappa shape index (κ2) is 2.86. The molecule has 0 aromatic carbocycles. The van der Waals surface area contributed by atoms with Crippen molar-refractivity contribution in [2.45, 2.75) is 12.9 Å². The minimum Gasteiger partial charge on any atom is -0.339 e. The van der Waals surface area contributed by atoms with Crippen molar-refractivity contribution in [1.29, 1.82) is 0 Å².